The van der Waals surface area contributed by atoms with Crippen LogP contribution in [0.2, 0.25) is 0 Å². The minimum Gasteiger partial charge on any atom is -0.371 e. The highest BCUT2D eigenvalue weighted by molar-refractivity contribution is 7.11. The molecule has 2 nitrogen and oxygen atoms in total. The summed E-state index contributed by atoms with van der Waals surface area (Å²) in [5.74, 6) is 0. The lowest BCUT2D eigenvalue weighted by Crippen LogP contribution is -2.16. The lowest BCUT2D eigenvalue weighted by Gasteiger charge is -2.08. The molecule has 14 heavy (non-hydrogen) atoms. The Bertz CT molecular complexity index is 279. The van der Waals surface area contributed by atoms with Crippen molar-refractivity contribution in [2.75, 3.05) is 13.1 Å². The van der Waals surface area contributed by atoms with E-state index in [2.05, 4.69) is 24.4 Å². The Hall–Kier alpha value is -0.380. The van der Waals surface area contributed by atoms with Crippen LogP contribution in [0.15, 0.2) is 12.1 Å². The molecular formula is C11H17NOS. The number of hydrogen-bond donors (Lipinski definition) is 1. The maximum Gasteiger partial charge on any atom is 0.0813 e. The fraction of sp³-hybridized carbons (Fsp3) is 0.636. The molecule has 1 aromatic rings. The van der Waals surface area contributed by atoms with Gasteiger partial charge in [0.15, 0.2) is 0 Å². The zero-order valence-electron chi connectivity index (χ0n) is 8.58. The predicted molar refractivity (Wildman–Crippen MR) is 59.8 cm³/mol. The molecule has 78 valence electrons. The molecule has 1 unspecified atom stereocenters. The van der Waals surface area contributed by atoms with Gasteiger partial charge in [-0.15, -0.1) is 11.3 Å². The molecule has 1 fully saturated rings. The molecule has 0 radical (unpaired) electrons. The largest absolute Gasteiger partial charge is 0.371 e. The average molecular weight is 211 g/mol. The molecule has 1 aliphatic heterocycles. The second-order valence-electron chi connectivity index (χ2n) is 3.65. The van der Waals surface area contributed by atoms with E-state index in [-0.39, 0.29) is 0 Å². The van der Waals surface area contributed by atoms with Crippen LogP contribution < -0.4 is 5.32 Å². The molecule has 0 saturated carbocycles. The first-order valence-electron chi connectivity index (χ1n) is 5.28. The highest BCUT2D eigenvalue weighted by Crippen LogP contribution is 2.18. The normalized spacial score (nSPS) is 21.6. The van der Waals surface area contributed by atoms with Crippen molar-refractivity contribution < 1.29 is 4.74 Å². The summed E-state index contributed by atoms with van der Waals surface area (Å²) in [7, 11) is 0. The van der Waals surface area contributed by atoms with Gasteiger partial charge in [0.25, 0.3) is 0 Å². The maximum absolute atomic E-state index is 5.79. The SMILES string of the molecule is CCc1ccc(COC2CCNC2)s1. The van der Waals surface area contributed by atoms with Gasteiger partial charge < -0.3 is 10.1 Å². The third kappa shape index (κ3) is 2.56. The Labute approximate surface area is 89.3 Å². The van der Waals surface area contributed by atoms with Crippen LogP contribution in [0.1, 0.15) is 23.1 Å². The molecule has 0 aromatic carbocycles. The van der Waals surface area contributed by atoms with Gasteiger partial charge in [-0.2, -0.15) is 0 Å². The minimum atomic E-state index is 0.433. The molecule has 3 heteroatoms. The van der Waals surface area contributed by atoms with Gasteiger partial charge in [0.1, 0.15) is 0 Å². The topological polar surface area (TPSA) is 21.3 Å². The van der Waals surface area contributed by atoms with Crippen LogP contribution in [0.25, 0.3) is 0 Å². The molecule has 2 rings (SSSR count). The first kappa shape index (κ1) is 10.1. The molecule has 1 N–H and O–H groups in total. The van der Waals surface area contributed by atoms with Gasteiger partial charge in [-0.25, -0.2) is 0 Å². The smallest absolute Gasteiger partial charge is 0.0813 e. The summed E-state index contributed by atoms with van der Waals surface area (Å²) in [5.41, 5.74) is 0. The number of aryl methyl sites for hydroxylation is 1. The van der Waals surface area contributed by atoms with Crippen molar-refractivity contribution in [3.8, 4) is 0 Å². The highest BCUT2D eigenvalue weighted by Gasteiger charge is 2.14. The molecule has 1 saturated heterocycles. The second kappa shape index (κ2) is 4.91. The summed E-state index contributed by atoms with van der Waals surface area (Å²) in [6.07, 6.45) is 2.73. The Morgan fingerprint density at radius 3 is 3.00 bits per heavy atom. The van der Waals surface area contributed by atoms with Gasteiger partial charge in [0.05, 0.1) is 12.7 Å². The van der Waals surface area contributed by atoms with Crippen LogP contribution in [0, 0.1) is 0 Å². The monoisotopic (exact) mass is 211 g/mol. The van der Waals surface area contributed by atoms with E-state index >= 15 is 0 Å². The number of rotatable bonds is 4. The summed E-state index contributed by atoms with van der Waals surface area (Å²) in [5, 5.41) is 3.30. The van der Waals surface area contributed by atoms with Crippen molar-refractivity contribution in [3.05, 3.63) is 21.9 Å². The molecule has 0 spiro atoms. The van der Waals surface area contributed by atoms with Crippen LogP contribution in [0.5, 0.6) is 0 Å². The summed E-state index contributed by atoms with van der Waals surface area (Å²) in [6, 6.07) is 4.39. The summed E-state index contributed by atoms with van der Waals surface area (Å²) < 4.78 is 5.79. The Morgan fingerprint density at radius 2 is 2.36 bits per heavy atom. The lowest BCUT2D eigenvalue weighted by molar-refractivity contribution is 0.0559. The van der Waals surface area contributed by atoms with Gasteiger partial charge in [-0.1, -0.05) is 6.92 Å². The maximum atomic E-state index is 5.79. The Balaban J connectivity index is 1.79. The Morgan fingerprint density at radius 1 is 1.50 bits per heavy atom. The van der Waals surface area contributed by atoms with Crippen molar-refractivity contribution in [2.45, 2.75) is 32.5 Å². The van der Waals surface area contributed by atoms with E-state index in [4.69, 9.17) is 4.74 Å². The minimum absolute atomic E-state index is 0.433. The lowest BCUT2D eigenvalue weighted by atomic mass is 10.3. The van der Waals surface area contributed by atoms with E-state index in [0.29, 0.717) is 6.10 Å². The number of ether oxygens (including phenoxy) is 1. The zero-order chi connectivity index (χ0) is 9.80. The molecule has 0 aliphatic carbocycles. The van der Waals surface area contributed by atoms with Crippen molar-refractivity contribution >= 4 is 11.3 Å². The van der Waals surface area contributed by atoms with Gasteiger partial charge in [-0.3, -0.25) is 0 Å². The van der Waals surface area contributed by atoms with Gasteiger partial charge in [0, 0.05) is 16.3 Å². The Kier molecular flexibility index (Phi) is 3.56. The molecule has 1 aromatic heterocycles. The first-order valence-corrected chi connectivity index (χ1v) is 6.10. The quantitative estimate of drug-likeness (QED) is 0.824. The van der Waals surface area contributed by atoms with Crippen molar-refractivity contribution in [3.63, 3.8) is 0 Å². The van der Waals surface area contributed by atoms with E-state index in [9.17, 15) is 0 Å². The van der Waals surface area contributed by atoms with Crippen molar-refractivity contribution in [2.24, 2.45) is 0 Å². The standard InChI is InChI=1S/C11H17NOS/c1-2-10-3-4-11(14-10)8-13-9-5-6-12-7-9/h3-4,9,12H,2,5-8H2,1H3. The van der Waals surface area contributed by atoms with E-state index in [1.807, 2.05) is 11.3 Å². The summed E-state index contributed by atoms with van der Waals surface area (Å²) in [4.78, 5) is 2.81. The third-order valence-corrected chi connectivity index (χ3v) is 3.75. The average Bonchev–Trinajstić information content (AvgIpc) is 2.86. The van der Waals surface area contributed by atoms with Crippen LogP contribution in [-0.4, -0.2) is 19.2 Å². The van der Waals surface area contributed by atoms with Gasteiger partial charge in [0.2, 0.25) is 0 Å². The third-order valence-electron chi connectivity index (χ3n) is 2.54. The van der Waals surface area contributed by atoms with Crippen molar-refractivity contribution in [1.29, 1.82) is 0 Å². The second-order valence-corrected chi connectivity index (χ2v) is 4.90. The highest BCUT2D eigenvalue weighted by atomic mass is 32.1. The molecule has 2 heterocycles. The fourth-order valence-corrected chi connectivity index (χ4v) is 2.54. The van der Waals surface area contributed by atoms with E-state index in [1.54, 1.807) is 0 Å². The summed E-state index contributed by atoms with van der Waals surface area (Å²) >= 11 is 1.87. The zero-order valence-corrected chi connectivity index (χ0v) is 9.40. The van der Waals surface area contributed by atoms with Crippen LogP contribution >= 0.6 is 11.3 Å². The molecular weight excluding hydrogens is 194 g/mol. The summed E-state index contributed by atoms with van der Waals surface area (Å²) in [6.45, 7) is 5.11. The van der Waals surface area contributed by atoms with Gasteiger partial charge >= 0.3 is 0 Å². The van der Waals surface area contributed by atoms with E-state index in [0.717, 1.165) is 32.5 Å². The number of hydrogen-bond acceptors (Lipinski definition) is 3. The number of thiophene rings is 1. The molecule has 1 aliphatic rings. The predicted octanol–water partition coefficient (Wildman–Crippen LogP) is 2.19. The van der Waals surface area contributed by atoms with Crippen LogP contribution in [0.3, 0.4) is 0 Å². The van der Waals surface area contributed by atoms with Crippen molar-refractivity contribution in [1.82, 2.24) is 5.32 Å². The van der Waals surface area contributed by atoms with E-state index in [1.165, 1.54) is 9.75 Å². The molecule has 1 atom stereocenters. The van der Waals surface area contributed by atoms with Crippen LogP contribution in [0.4, 0.5) is 0 Å². The molecule has 0 amide bonds. The van der Waals surface area contributed by atoms with Gasteiger partial charge in [-0.05, 0) is 31.5 Å². The van der Waals surface area contributed by atoms with Crippen LogP contribution in [-0.2, 0) is 17.8 Å². The first-order chi connectivity index (χ1) is 6.88. The molecule has 0 bridgehead atoms. The number of nitrogens with one attached hydrogen (secondary N) is 1. The van der Waals surface area contributed by atoms with E-state index < -0.39 is 0 Å². The fourth-order valence-electron chi connectivity index (χ4n) is 1.66.